The van der Waals surface area contributed by atoms with Crippen LogP contribution in [0.2, 0.25) is 0 Å². The monoisotopic (exact) mass is 228 g/mol. The van der Waals surface area contributed by atoms with E-state index in [0.29, 0.717) is 17.4 Å². The van der Waals surface area contributed by atoms with Crippen LogP contribution in [-0.4, -0.2) is 9.97 Å². The van der Waals surface area contributed by atoms with E-state index in [-0.39, 0.29) is 0 Å². The lowest BCUT2D eigenvalue weighted by atomic mass is 10.0. The molecule has 0 aliphatic heterocycles. The minimum atomic E-state index is 0.500. The zero-order valence-corrected chi connectivity index (χ0v) is 10.0. The number of nitrogens with zero attached hydrogens (tertiary/aromatic N) is 2. The third-order valence-corrected chi connectivity index (χ3v) is 2.56. The summed E-state index contributed by atoms with van der Waals surface area (Å²) < 4.78 is 0. The lowest BCUT2D eigenvalue weighted by molar-refractivity contribution is 0.867. The Morgan fingerprint density at radius 1 is 1.29 bits per heavy atom. The van der Waals surface area contributed by atoms with Gasteiger partial charge in [-0.25, -0.2) is 9.97 Å². The van der Waals surface area contributed by atoms with E-state index in [1.165, 1.54) is 11.9 Å². The second-order valence-electron chi connectivity index (χ2n) is 4.23. The van der Waals surface area contributed by atoms with Crippen LogP contribution in [0, 0.1) is 0 Å². The summed E-state index contributed by atoms with van der Waals surface area (Å²) in [7, 11) is 0. The number of nitrogens with one attached hydrogen (secondary N) is 1. The normalized spacial score (nSPS) is 10.5. The van der Waals surface area contributed by atoms with Crippen LogP contribution in [0.4, 0.5) is 17.2 Å². The fourth-order valence-electron chi connectivity index (χ4n) is 1.56. The Kier molecular flexibility index (Phi) is 3.23. The Morgan fingerprint density at radius 3 is 2.82 bits per heavy atom. The van der Waals surface area contributed by atoms with Gasteiger partial charge in [0.15, 0.2) is 5.82 Å². The maximum absolute atomic E-state index is 5.78. The summed E-state index contributed by atoms with van der Waals surface area (Å²) in [5, 5.41) is 3.19. The molecule has 17 heavy (non-hydrogen) atoms. The van der Waals surface area contributed by atoms with Gasteiger partial charge in [-0.3, -0.25) is 0 Å². The largest absolute Gasteiger partial charge is 0.394 e. The van der Waals surface area contributed by atoms with E-state index < -0.39 is 0 Å². The van der Waals surface area contributed by atoms with Crippen LogP contribution in [0.5, 0.6) is 0 Å². The highest BCUT2D eigenvalue weighted by Crippen LogP contribution is 2.22. The lowest BCUT2D eigenvalue weighted by Gasteiger charge is -2.10. The van der Waals surface area contributed by atoms with Gasteiger partial charge in [-0.15, -0.1) is 0 Å². The predicted molar refractivity (Wildman–Crippen MR) is 70.3 cm³/mol. The van der Waals surface area contributed by atoms with Gasteiger partial charge >= 0.3 is 0 Å². The molecule has 2 aromatic rings. The van der Waals surface area contributed by atoms with Crippen molar-refractivity contribution in [2.45, 2.75) is 19.8 Å². The van der Waals surface area contributed by atoms with Crippen LogP contribution in [0.1, 0.15) is 25.3 Å². The zero-order chi connectivity index (χ0) is 12.3. The van der Waals surface area contributed by atoms with E-state index in [9.17, 15) is 0 Å². The summed E-state index contributed by atoms with van der Waals surface area (Å²) in [6, 6.07) is 8.23. The van der Waals surface area contributed by atoms with Crippen molar-refractivity contribution in [3.05, 3.63) is 42.4 Å². The summed E-state index contributed by atoms with van der Waals surface area (Å²) in [4.78, 5) is 7.96. The molecular weight excluding hydrogens is 212 g/mol. The summed E-state index contributed by atoms with van der Waals surface area (Å²) in [5.41, 5.74) is 8.59. The predicted octanol–water partition coefficient (Wildman–Crippen LogP) is 2.93. The molecule has 0 aliphatic rings. The van der Waals surface area contributed by atoms with Crippen molar-refractivity contribution in [1.29, 1.82) is 0 Å². The van der Waals surface area contributed by atoms with Gasteiger partial charge in [0.25, 0.3) is 0 Å². The molecule has 0 saturated heterocycles. The number of benzene rings is 1. The Labute approximate surface area is 101 Å². The zero-order valence-electron chi connectivity index (χ0n) is 10.0. The van der Waals surface area contributed by atoms with Crippen LogP contribution >= 0.6 is 0 Å². The lowest BCUT2D eigenvalue weighted by Crippen LogP contribution is -2.00. The molecule has 0 saturated carbocycles. The van der Waals surface area contributed by atoms with Gasteiger partial charge in [-0.2, -0.15) is 0 Å². The molecule has 4 nitrogen and oxygen atoms in total. The maximum atomic E-state index is 5.78. The molecule has 0 fully saturated rings. The summed E-state index contributed by atoms with van der Waals surface area (Å²) in [6.45, 7) is 4.33. The number of hydrogen-bond donors (Lipinski definition) is 2. The highest BCUT2D eigenvalue weighted by Gasteiger charge is 2.03. The fourth-order valence-corrected chi connectivity index (χ4v) is 1.56. The van der Waals surface area contributed by atoms with Crippen LogP contribution in [0.25, 0.3) is 0 Å². The summed E-state index contributed by atoms with van der Waals surface area (Å²) in [5.74, 6) is 1.14. The average Bonchev–Trinajstić information content (AvgIpc) is 2.32. The van der Waals surface area contributed by atoms with Crippen LogP contribution in [0.3, 0.4) is 0 Å². The molecule has 0 aliphatic carbocycles. The number of nitrogen functional groups attached to an aromatic ring is 1. The van der Waals surface area contributed by atoms with Crippen molar-refractivity contribution < 1.29 is 0 Å². The van der Waals surface area contributed by atoms with Crippen molar-refractivity contribution in [1.82, 2.24) is 9.97 Å². The Hall–Kier alpha value is -2.10. The number of nitrogens with two attached hydrogens (primary N) is 1. The van der Waals surface area contributed by atoms with Gasteiger partial charge < -0.3 is 11.1 Å². The first kappa shape index (κ1) is 11.4. The number of rotatable bonds is 3. The topological polar surface area (TPSA) is 63.8 Å². The van der Waals surface area contributed by atoms with Crippen LogP contribution in [0.15, 0.2) is 36.8 Å². The molecule has 0 atom stereocenters. The molecule has 0 bridgehead atoms. The second kappa shape index (κ2) is 4.82. The highest BCUT2D eigenvalue weighted by atomic mass is 15.0. The Bertz CT molecular complexity index is 508. The smallest absolute Gasteiger partial charge is 0.157 e. The molecule has 1 heterocycles. The van der Waals surface area contributed by atoms with E-state index >= 15 is 0 Å². The van der Waals surface area contributed by atoms with Gasteiger partial charge in [0.05, 0.1) is 11.9 Å². The standard InChI is InChI=1S/C13H16N4/c1-9(2)10-4-3-5-11(6-10)17-13-12(14)7-15-8-16-13/h3-9H,14H2,1-2H3,(H,15,16,17). The van der Waals surface area contributed by atoms with E-state index in [1.807, 2.05) is 12.1 Å². The van der Waals surface area contributed by atoms with Gasteiger partial charge in [0, 0.05) is 5.69 Å². The summed E-state index contributed by atoms with van der Waals surface area (Å²) >= 11 is 0. The van der Waals surface area contributed by atoms with Crippen molar-refractivity contribution in [2.75, 3.05) is 11.1 Å². The molecule has 1 aromatic carbocycles. The molecular formula is C13H16N4. The third kappa shape index (κ3) is 2.72. The van der Waals surface area contributed by atoms with Crippen molar-refractivity contribution in [3.8, 4) is 0 Å². The van der Waals surface area contributed by atoms with Gasteiger partial charge in [0.1, 0.15) is 6.33 Å². The second-order valence-corrected chi connectivity index (χ2v) is 4.23. The van der Waals surface area contributed by atoms with Crippen molar-refractivity contribution in [2.24, 2.45) is 0 Å². The summed E-state index contributed by atoms with van der Waals surface area (Å²) in [6.07, 6.45) is 3.06. The van der Waals surface area contributed by atoms with Gasteiger partial charge in [0.2, 0.25) is 0 Å². The van der Waals surface area contributed by atoms with E-state index in [4.69, 9.17) is 5.73 Å². The minimum Gasteiger partial charge on any atom is -0.394 e. The molecule has 0 radical (unpaired) electrons. The first-order valence-corrected chi connectivity index (χ1v) is 5.59. The molecule has 0 amide bonds. The maximum Gasteiger partial charge on any atom is 0.157 e. The highest BCUT2D eigenvalue weighted by molar-refractivity contribution is 5.67. The molecule has 1 aromatic heterocycles. The van der Waals surface area contributed by atoms with Crippen molar-refractivity contribution >= 4 is 17.2 Å². The Balaban J connectivity index is 2.25. The molecule has 0 unspecified atom stereocenters. The van der Waals surface area contributed by atoms with Crippen LogP contribution in [-0.2, 0) is 0 Å². The van der Waals surface area contributed by atoms with Crippen molar-refractivity contribution in [3.63, 3.8) is 0 Å². The number of anilines is 3. The van der Waals surface area contributed by atoms with Gasteiger partial charge in [-0.1, -0.05) is 26.0 Å². The number of hydrogen-bond acceptors (Lipinski definition) is 4. The first-order valence-electron chi connectivity index (χ1n) is 5.59. The molecule has 88 valence electrons. The van der Waals surface area contributed by atoms with E-state index in [2.05, 4.69) is 41.3 Å². The number of aromatic nitrogens is 2. The Morgan fingerprint density at radius 2 is 2.12 bits per heavy atom. The average molecular weight is 228 g/mol. The quantitative estimate of drug-likeness (QED) is 0.847. The minimum absolute atomic E-state index is 0.500. The van der Waals surface area contributed by atoms with Gasteiger partial charge in [-0.05, 0) is 23.6 Å². The first-order chi connectivity index (χ1) is 8.16. The van der Waals surface area contributed by atoms with Crippen LogP contribution < -0.4 is 11.1 Å². The van der Waals surface area contributed by atoms with E-state index in [1.54, 1.807) is 6.20 Å². The molecule has 3 N–H and O–H groups in total. The molecule has 0 spiro atoms. The molecule has 4 heteroatoms. The third-order valence-electron chi connectivity index (χ3n) is 2.56. The SMILES string of the molecule is CC(C)c1cccc(Nc2ncncc2N)c1. The molecule has 2 rings (SSSR count). The van der Waals surface area contributed by atoms with E-state index in [0.717, 1.165) is 5.69 Å². The fraction of sp³-hybridized carbons (Fsp3) is 0.231.